The van der Waals surface area contributed by atoms with Crippen molar-refractivity contribution in [3.05, 3.63) is 77.1 Å². The molecule has 0 aliphatic rings. The normalized spacial score (nSPS) is 14.0. The molecule has 0 bridgehead atoms. The van der Waals surface area contributed by atoms with Crippen molar-refractivity contribution in [3.63, 3.8) is 0 Å². The Labute approximate surface area is 158 Å². The topological polar surface area (TPSA) is 47.3 Å². The molecule has 142 valence electrons. The third-order valence-electron chi connectivity index (χ3n) is 3.96. The summed E-state index contributed by atoms with van der Waals surface area (Å²) in [5.74, 6) is 0.354. The molecule has 0 spiro atoms. The molecule has 1 atom stereocenters. The molecule has 1 aromatic heterocycles. The number of ether oxygens (including phenoxy) is 1. The van der Waals surface area contributed by atoms with Gasteiger partial charge in [-0.3, -0.25) is 4.68 Å². The fraction of sp³-hybridized carbons (Fsp3) is 0.211. The average molecular weight is 397 g/mol. The van der Waals surface area contributed by atoms with E-state index in [4.69, 9.17) is 16.3 Å². The van der Waals surface area contributed by atoms with Gasteiger partial charge >= 0.3 is 6.18 Å². The number of aromatic nitrogens is 2. The second-order valence-electron chi connectivity index (χ2n) is 6.24. The first kappa shape index (κ1) is 19.3. The number of benzene rings is 2. The van der Waals surface area contributed by atoms with E-state index in [9.17, 15) is 18.3 Å². The van der Waals surface area contributed by atoms with Gasteiger partial charge in [0.05, 0.1) is 12.1 Å². The number of rotatable bonds is 5. The minimum Gasteiger partial charge on any atom is -0.457 e. The monoisotopic (exact) mass is 396 g/mol. The van der Waals surface area contributed by atoms with Crippen LogP contribution >= 0.6 is 11.6 Å². The molecule has 0 aliphatic heterocycles. The molecule has 3 aromatic rings. The van der Waals surface area contributed by atoms with Gasteiger partial charge in [0, 0.05) is 17.4 Å². The van der Waals surface area contributed by atoms with E-state index in [1.54, 1.807) is 36.5 Å². The van der Waals surface area contributed by atoms with Gasteiger partial charge in [-0.1, -0.05) is 17.7 Å². The Balaban J connectivity index is 1.95. The minimum absolute atomic E-state index is 0.00304. The van der Waals surface area contributed by atoms with E-state index in [-0.39, 0.29) is 17.9 Å². The van der Waals surface area contributed by atoms with Gasteiger partial charge < -0.3 is 9.84 Å². The Kier molecular flexibility index (Phi) is 5.17. The quantitative estimate of drug-likeness (QED) is 0.640. The molecular weight excluding hydrogens is 381 g/mol. The van der Waals surface area contributed by atoms with Crippen LogP contribution in [0.3, 0.4) is 0 Å². The summed E-state index contributed by atoms with van der Waals surface area (Å²) in [5.41, 5.74) is -3.00. The highest BCUT2D eigenvalue weighted by molar-refractivity contribution is 6.30. The molecule has 0 amide bonds. The van der Waals surface area contributed by atoms with Crippen LogP contribution in [0.5, 0.6) is 11.5 Å². The van der Waals surface area contributed by atoms with Crippen molar-refractivity contribution in [2.45, 2.75) is 25.2 Å². The van der Waals surface area contributed by atoms with Crippen LogP contribution in [0.4, 0.5) is 13.2 Å². The van der Waals surface area contributed by atoms with Gasteiger partial charge in [-0.05, 0) is 55.0 Å². The summed E-state index contributed by atoms with van der Waals surface area (Å²) in [6.45, 7) is 1.19. The van der Waals surface area contributed by atoms with E-state index < -0.39 is 17.3 Å². The summed E-state index contributed by atoms with van der Waals surface area (Å²) in [7, 11) is 0. The lowest BCUT2D eigenvalue weighted by Crippen LogP contribution is -2.31. The molecular formula is C19H16ClF3N2O2. The van der Waals surface area contributed by atoms with Crippen molar-refractivity contribution >= 4 is 11.6 Å². The fourth-order valence-corrected chi connectivity index (χ4v) is 2.85. The first-order chi connectivity index (χ1) is 12.6. The van der Waals surface area contributed by atoms with Crippen molar-refractivity contribution in [2.24, 2.45) is 0 Å². The molecule has 1 heterocycles. The molecule has 2 aromatic carbocycles. The van der Waals surface area contributed by atoms with Gasteiger partial charge in [-0.2, -0.15) is 18.3 Å². The van der Waals surface area contributed by atoms with Gasteiger partial charge in [0.1, 0.15) is 17.1 Å². The van der Waals surface area contributed by atoms with E-state index >= 15 is 0 Å². The molecule has 0 fully saturated rings. The summed E-state index contributed by atoms with van der Waals surface area (Å²) in [6, 6.07) is 11.4. The van der Waals surface area contributed by atoms with Crippen molar-refractivity contribution in [3.8, 4) is 11.5 Å². The molecule has 0 aliphatic carbocycles. The standard InChI is InChI=1S/C19H16ClF3N2O2/c1-18(26,12-25-10-2-9-24-25)16-8-7-15(11-17(16)19(21,22)23)27-14-5-3-13(20)4-6-14/h2-11,26H,12H2,1H3. The van der Waals surface area contributed by atoms with Crippen molar-refractivity contribution in [1.29, 1.82) is 0 Å². The fourth-order valence-electron chi connectivity index (χ4n) is 2.72. The zero-order valence-corrected chi connectivity index (χ0v) is 15.0. The number of halogens is 4. The maximum atomic E-state index is 13.6. The molecule has 1 N–H and O–H groups in total. The third-order valence-corrected chi connectivity index (χ3v) is 4.21. The largest absolute Gasteiger partial charge is 0.457 e. The number of hydrogen-bond donors (Lipinski definition) is 1. The van der Waals surface area contributed by atoms with Crippen molar-refractivity contribution in [2.75, 3.05) is 0 Å². The molecule has 8 heteroatoms. The molecule has 27 heavy (non-hydrogen) atoms. The maximum absolute atomic E-state index is 13.6. The minimum atomic E-state index is -4.66. The summed E-state index contributed by atoms with van der Waals surface area (Å²) in [6.07, 6.45) is -1.60. The summed E-state index contributed by atoms with van der Waals surface area (Å²) in [4.78, 5) is 0. The van der Waals surface area contributed by atoms with Crippen LogP contribution in [0.25, 0.3) is 0 Å². The van der Waals surface area contributed by atoms with Crippen LogP contribution in [-0.2, 0) is 18.3 Å². The smallest absolute Gasteiger partial charge is 0.416 e. The Morgan fingerprint density at radius 1 is 1.07 bits per heavy atom. The lowest BCUT2D eigenvalue weighted by atomic mass is 9.90. The van der Waals surface area contributed by atoms with Crippen LogP contribution in [0.15, 0.2) is 60.9 Å². The van der Waals surface area contributed by atoms with E-state index in [0.717, 1.165) is 6.07 Å². The molecule has 3 rings (SSSR count). The lowest BCUT2D eigenvalue weighted by molar-refractivity contribution is -0.140. The SMILES string of the molecule is CC(O)(Cn1cccn1)c1ccc(Oc2ccc(Cl)cc2)cc1C(F)(F)F. The highest BCUT2D eigenvalue weighted by Crippen LogP contribution is 2.40. The maximum Gasteiger partial charge on any atom is 0.416 e. The molecule has 4 nitrogen and oxygen atoms in total. The second kappa shape index (κ2) is 7.25. The van der Waals surface area contributed by atoms with Crippen LogP contribution in [0, 0.1) is 0 Å². The lowest BCUT2D eigenvalue weighted by Gasteiger charge is -2.27. The average Bonchev–Trinajstić information content (AvgIpc) is 3.08. The summed E-state index contributed by atoms with van der Waals surface area (Å²) >= 11 is 5.79. The molecule has 0 saturated heterocycles. The van der Waals surface area contributed by atoms with E-state index in [1.807, 2.05) is 0 Å². The van der Waals surface area contributed by atoms with Crippen molar-refractivity contribution in [1.82, 2.24) is 9.78 Å². The van der Waals surface area contributed by atoms with E-state index in [0.29, 0.717) is 10.8 Å². The third kappa shape index (κ3) is 4.61. The highest BCUT2D eigenvalue weighted by atomic mass is 35.5. The van der Waals surface area contributed by atoms with E-state index in [2.05, 4.69) is 5.10 Å². The van der Waals surface area contributed by atoms with Crippen molar-refractivity contribution < 1.29 is 23.0 Å². The molecule has 0 saturated carbocycles. The zero-order chi connectivity index (χ0) is 19.7. The van der Waals surface area contributed by atoms with Crippen LogP contribution < -0.4 is 4.74 Å². The number of aliphatic hydroxyl groups is 1. The Morgan fingerprint density at radius 3 is 2.33 bits per heavy atom. The Morgan fingerprint density at radius 2 is 1.74 bits per heavy atom. The zero-order valence-electron chi connectivity index (χ0n) is 14.2. The summed E-state index contributed by atoms with van der Waals surface area (Å²) < 4.78 is 47.7. The molecule has 1 unspecified atom stereocenters. The van der Waals surface area contributed by atoms with Gasteiger partial charge in [-0.25, -0.2) is 0 Å². The number of hydrogen-bond acceptors (Lipinski definition) is 3. The van der Waals surface area contributed by atoms with Crippen LogP contribution in [0.2, 0.25) is 5.02 Å². The molecule has 0 radical (unpaired) electrons. The van der Waals surface area contributed by atoms with Gasteiger partial charge in [0.25, 0.3) is 0 Å². The Bertz CT molecular complexity index is 908. The van der Waals surface area contributed by atoms with E-state index in [1.165, 1.54) is 29.9 Å². The number of alkyl halides is 3. The second-order valence-corrected chi connectivity index (χ2v) is 6.68. The predicted octanol–water partition coefficient (Wildman–Crippen LogP) is 5.26. The summed E-state index contributed by atoms with van der Waals surface area (Å²) in [5, 5.41) is 15.1. The first-order valence-corrected chi connectivity index (χ1v) is 8.38. The van der Waals surface area contributed by atoms with Crippen LogP contribution in [-0.4, -0.2) is 14.9 Å². The predicted molar refractivity (Wildman–Crippen MR) is 94.8 cm³/mol. The van der Waals surface area contributed by atoms with Gasteiger partial charge in [0.15, 0.2) is 0 Å². The number of nitrogens with zero attached hydrogens (tertiary/aromatic N) is 2. The Hall–Kier alpha value is -2.51. The van der Waals surface area contributed by atoms with Crippen LogP contribution in [0.1, 0.15) is 18.1 Å². The highest BCUT2D eigenvalue weighted by Gasteiger charge is 2.39. The van der Waals surface area contributed by atoms with Gasteiger partial charge in [-0.15, -0.1) is 0 Å². The van der Waals surface area contributed by atoms with Gasteiger partial charge in [0.2, 0.25) is 0 Å². The first-order valence-electron chi connectivity index (χ1n) is 8.00.